The van der Waals surface area contributed by atoms with Gasteiger partial charge in [-0.25, -0.2) is 10.0 Å². The van der Waals surface area contributed by atoms with E-state index in [4.69, 9.17) is 28.3 Å². The summed E-state index contributed by atoms with van der Waals surface area (Å²) in [6.45, 7) is 1.39. The second-order valence-corrected chi connectivity index (χ2v) is 8.97. The third-order valence-electron chi connectivity index (χ3n) is 4.97. The van der Waals surface area contributed by atoms with Gasteiger partial charge in [-0.3, -0.25) is 10.1 Å². The summed E-state index contributed by atoms with van der Waals surface area (Å²) in [7, 11) is 0. The maximum atomic E-state index is 12.4. The van der Waals surface area contributed by atoms with E-state index >= 15 is 0 Å². The van der Waals surface area contributed by atoms with Crippen molar-refractivity contribution in [2.45, 2.75) is 25.4 Å². The molecule has 10 heteroatoms. The predicted octanol–water partition coefficient (Wildman–Crippen LogP) is 3.69. The van der Waals surface area contributed by atoms with Crippen LogP contribution in [0.4, 0.5) is 0 Å². The van der Waals surface area contributed by atoms with E-state index in [0.717, 1.165) is 22.6 Å². The topological polar surface area (TPSA) is 84.1 Å². The number of guanidine groups is 1. The number of likely N-dealkylation sites (tertiary alicyclic amines) is 1. The summed E-state index contributed by atoms with van der Waals surface area (Å²) in [6.07, 6.45) is 3.30. The molecule has 1 N–H and O–H groups in total. The molecule has 1 amide bonds. The number of amides is 1. The fourth-order valence-electron chi connectivity index (χ4n) is 3.55. The van der Waals surface area contributed by atoms with Crippen molar-refractivity contribution in [3.8, 4) is 6.19 Å². The van der Waals surface area contributed by atoms with Gasteiger partial charge < -0.3 is 4.90 Å². The molecule has 0 radical (unpaired) electrons. The summed E-state index contributed by atoms with van der Waals surface area (Å²) in [5.41, 5.74) is 1.60. The van der Waals surface area contributed by atoms with E-state index < -0.39 is 0 Å². The zero-order chi connectivity index (χ0) is 21.1. The van der Waals surface area contributed by atoms with Crippen LogP contribution in [0, 0.1) is 11.5 Å². The van der Waals surface area contributed by atoms with Gasteiger partial charge in [0.1, 0.15) is 5.71 Å². The van der Waals surface area contributed by atoms with Crippen LogP contribution >= 0.6 is 34.5 Å². The van der Waals surface area contributed by atoms with E-state index in [-0.39, 0.29) is 11.9 Å². The second kappa shape index (κ2) is 9.04. The monoisotopic (exact) mass is 460 g/mol. The first-order valence-electron chi connectivity index (χ1n) is 9.41. The molecular weight excluding hydrogens is 443 g/mol. The third kappa shape index (κ3) is 4.29. The van der Waals surface area contributed by atoms with Gasteiger partial charge in [-0.2, -0.15) is 10.4 Å². The minimum atomic E-state index is -0.222. The highest BCUT2D eigenvalue weighted by Gasteiger charge is 2.39. The number of benzene rings is 1. The third-order valence-corrected chi connectivity index (χ3v) is 6.59. The van der Waals surface area contributed by atoms with Crippen molar-refractivity contribution < 1.29 is 4.79 Å². The number of rotatable bonds is 4. The summed E-state index contributed by atoms with van der Waals surface area (Å²) in [5, 5.41) is 18.8. The molecule has 154 valence electrons. The van der Waals surface area contributed by atoms with Gasteiger partial charge in [0.05, 0.1) is 28.3 Å². The van der Waals surface area contributed by atoms with Gasteiger partial charge in [-0.15, -0.1) is 11.3 Å². The zero-order valence-electron chi connectivity index (χ0n) is 15.9. The minimum absolute atomic E-state index is 0.111. The molecule has 3 heterocycles. The molecule has 0 aliphatic carbocycles. The van der Waals surface area contributed by atoms with Crippen molar-refractivity contribution in [3.63, 3.8) is 0 Å². The number of carbonyl (C=O) groups is 1. The Hall–Kier alpha value is -2.60. The van der Waals surface area contributed by atoms with Crippen LogP contribution in [0.1, 0.15) is 23.3 Å². The van der Waals surface area contributed by atoms with Gasteiger partial charge in [0.15, 0.2) is 6.19 Å². The van der Waals surface area contributed by atoms with E-state index in [2.05, 4.69) is 10.3 Å². The van der Waals surface area contributed by atoms with Crippen LogP contribution in [0.25, 0.3) is 0 Å². The number of nitriles is 1. The van der Waals surface area contributed by atoms with Gasteiger partial charge in [0.25, 0.3) is 0 Å². The van der Waals surface area contributed by atoms with Gasteiger partial charge >= 0.3 is 0 Å². The molecule has 0 spiro atoms. The Bertz CT molecular complexity index is 1060. The van der Waals surface area contributed by atoms with Crippen LogP contribution in [0.15, 0.2) is 46.5 Å². The smallest absolute Gasteiger partial charge is 0.228 e. The van der Waals surface area contributed by atoms with Crippen molar-refractivity contribution in [3.05, 3.63) is 56.2 Å². The number of aliphatic imine (C=N–C) groups is 1. The molecule has 30 heavy (non-hydrogen) atoms. The average Bonchev–Trinajstić information content (AvgIpc) is 3.45. The van der Waals surface area contributed by atoms with Crippen LogP contribution < -0.4 is 5.32 Å². The first-order chi connectivity index (χ1) is 14.6. The average molecular weight is 461 g/mol. The Morgan fingerprint density at radius 2 is 2.17 bits per heavy atom. The van der Waals surface area contributed by atoms with Crippen molar-refractivity contribution in [1.82, 2.24) is 15.2 Å². The quantitative estimate of drug-likeness (QED) is 0.326. The highest BCUT2D eigenvalue weighted by molar-refractivity contribution is 7.18. The van der Waals surface area contributed by atoms with Crippen LogP contribution in [0.5, 0.6) is 0 Å². The molecule has 1 saturated heterocycles. The van der Waals surface area contributed by atoms with Gasteiger partial charge in [-0.1, -0.05) is 41.4 Å². The molecular formula is C20H18Cl2N6OS. The number of halogens is 2. The van der Waals surface area contributed by atoms with Crippen molar-refractivity contribution in [2.75, 3.05) is 13.1 Å². The van der Waals surface area contributed by atoms with Gasteiger partial charge in [0.2, 0.25) is 11.9 Å². The molecule has 2 aliphatic rings. The van der Waals surface area contributed by atoms with Gasteiger partial charge in [0, 0.05) is 18.0 Å². The molecule has 2 aromatic rings. The Labute approximate surface area is 188 Å². The lowest BCUT2D eigenvalue weighted by atomic mass is 10.1. The van der Waals surface area contributed by atoms with E-state index in [9.17, 15) is 10.1 Å². The predicted molar refractivity (Wildman–Crippen MR) is 119 cm³/mol. The van der Waals surface area contributed by atoms with Crippen molar-refractivity contribution >= 4 is 52.1 Å². The second-order valence-electron chi connectivity index (χ2n) is 6.85. The zero-order valence-corrected chi connectivity index (χ0v) is 18.2. The normalized spacial score (nSPS) is 19.2. The molecule has 7 nitrogen and oxygen atoms in total. The maximum Gasteiger partial charge on any atom is 0.228 e. The number of nitrogens with zero attached hydrogens (tertiary/aromatic N) is 5. The van der Waals surface area contributed by atoms with Crippen LogP contribution in [-0.4, -0.2) is 46.6 Å². The first kappa shape index (κ1) is 20.7. The molecule has 1 atom stereocenters. The lowest BCUT2D eigenvalue weighted by Crippen LogP contribution is -2.45. The summed E-state index contributed by atoms with van der Waals surface area (Å²) < 4.78 is 0.653. The lowest BCUT2D eigenvalue weighted by molar-refractivity contribution is -0.128. The van der Waals surface area contributed by atoms with E-state index in [1.165, 1.54) is 11.3 Å². The Morgan fingerprint density at radius 1 is 1.33 bits per heavy atom. The lowest BCUT2D eigenvalue weighted by Gasteiger charge is -2.25. The molecule has 1 aromatic carbocycles. The SMILES string of the molecule is N#CNC(=NCc1ccccc1Cl)N1CC(N2CCCC2=O)C(c2ccc(Cl)s2)=N1. The number of hydrazone groups is 1. The van der Waals surface area contributed by atoms with E-state index in [1.54, 1.807) is 11.1 Å². The Balaban J connectivity index is 1.64. The molecule has 2 aliphatic heterocycles. The Kier molecular flexibility index (Phi) is 6.23. The summed E-state index contributed by atoms with van der Waals surface area (Å²) in [5.74, 6) is 0.423. The number of hydrogen-bond donors (Lipinski definition) is 1. The molecule has 4 rings (SSSR count). The fraction of sp³-hybridized carbons (Fsp3) is 0.300. The van der Waals surface area contributed by atoms with Crippen molar-refractivity contribution in [2.24, 2.45) is 10.1 Å². The largest absolute Gasteiger partial charge is 0.332 e. The number of thiophene rings is 1. The van der Waals surface area contributed by atoms with Gasteiger partial charge in [-0.05, 0) is 30.2 Å². The summed E-state index contributed by atoms with van der Waals surface area (Å²) in [4.78, 5) is 19.7. The molecule has 1 aromatic heterocycles. The van der Waals surface area contributed by atoms with Crippen LogP contribution in [0.3, 0.4) is 0 Å². The molecule has 0 bridgehead atoms. The number of hydrogen-bond acceptors (Lipinski definition) is 5. The molecule has 1 fully saturated rings. The number of nitrogens with one attached hydrogen (secondary N) is 1. The summed E-state index contributed by atoms with van der Waals surface area (Å²) in [6, 6.07) is 10.9. The van der Waals surface area contributed by atoms with Crippen LogP contribution in [-0.2, 0) is 11.3 Å². The highest BCUT2D eigenvalue weighted by Crippen LogP contribution is 2.29. The molecule has 0 saturated carbocycles. The molecule has 1 unspecified atom stereocenters. The van der Waals surface area contributed by atoms with Crippen LogP contribution in [0.2, 0.25) is 9.36 Å². The summed E-state index contributed by atoms with van der Waals surface area (Å²) >= 11 is 13.8. The Morgan fingerprint density at radius 3 is 2.83 bits per heavy atom. The highest BCUT2D eigenvalue weighted by atomic mass is 35.5. The fourth-order valence-corrected chi connectivity index (χ4v) is 4.83. The van der Waals surface area contributed by atoms with E-state index in [1.807, 2.05) is 41.4 Å². The first-order valence-corrected chi connectivity index (χ1v) is 11.0. The maximum absolute atomic E-state index is 12.4. The van der Waals surface area contributed by atoms with Crippen molar-refractivity contribution in [1.29, 1.82) is 5.26 Å². The number of carbonyl (C=O) groups excluding carboxylic acids is 1. The standard InChI is InChI=1S/C20H18Cl2N6OS/c21-14-5-2-1-4-13(14)10-24-20(25-12-23)28-11-15(27-9-3-6-18(27)29)19(26-28)16-7-8-17(22)30-16/h1-2,4-5,7-8,15H,3,6,9-11H2,(H,24,25). The van der Waals surface area contributed by atoms with E-state index in [0.29, 0.717) is 41.4 Å². The minimum Gasteiger partial charge on any atom is -0.332 e.